The van der Waals surface area contributed by atoms with E-state index in [4.69, 9.17) is 0 Å². The Kier molecular flexibility index (Phi) is 4.71. The van der Waals surface area contributed by atoms with Crippen LogP contribution < -0.4 is 5.32 Å². The van der Waals surface area contributed by atoms with E-state index in [0.717, 1.165) is 54.4 Å². The highest BCUT2D eigenvalue weighted by molar-refractivity contribution is 5.79. The third-order valence-corrected chi connectivity index (χ3v) is 7.42. The number of nitrogens with one attached hydrogen (secondary N) is 1. The van der Waals surface area contributed by atoms with Gasteiger partial charge in [0.25, 0.3) is 0 Å². The molecule has 0 spiro atoms. The lowest BCUT2D eigenvalue weighted by Gasteiger charge is -2.17. The Bertz CT molecular complexity index is 1640. The van der Waals surface area contributed by atoms with Gasteiger partial charge in [0.15, 0.2) is 0 Å². The predicted molar refractivity (Wildman–Crippen MR) is 131 cm³/mol. The molecule has 2 aliphatic carbocycles. The van der Waals surface area contributed by atoms with E-state index in [1.807, 2.05) is 28.8 Å². The van der Waals surface area contributed by atoms with Crippen LogP contribution in [0.4, 0.5) is 8.78 Å². The summed E-state index contributed by atoms with van der Waals surface area (Å²) >= 11 is 0. The van der Waals surface area contributed by atoms with Crippen LogP contribution in [-0.2, 0) is 5.41 Å². The highest BCUT2D eigenvalue weighted by Gasteiger charge is 2.48. The van der Waals surface area contributed by atoms with Crippen LogP contribution >= 0.6 is 0 Å². The molecular formula is C28H23F2N5O. The van der Waals surface area contributed by atoms with Gasteiger partial charge in [0, 0.05) is 52.1 Å². The Hall–Kier alpha value is -3.75. The second-order valence-electron chi connectivity index (χ2n) is 9.85. The van der Waals surface area contributed by atoms with Crippen LogP contribution in [0.3, 0.4) is 0 Å². The molecule has 0 amide bonds. The van der Waals surface area contributed by atoms with Crippen LogP contribution in [-0.4, -0.2) is 30.5 Å². The fraction of sp³-hybridized carbons (Fsp3) is 0.250. The lowest BCUT2D eigenvalue weighted by atomic mass is 9.91. The van der Waals surface area contributed by atoms with Crippen LogP contribution in [0.25, 0.3) is 27.8 Å². The summed E-state index contributed by atoms with van der Waals surface area (Å²) in [6.07, 6.45) is 9.41. The number of rotatable bonds is 6. The molecule has 2 N–H and O–H groups in total. The fourth-order valence-corrected chi connectivity index (χ4v) is 5.11. The van der Waals surface area contributed by atoms with Gasteiger partial charge in [-0.15, -0.1) is 0 Å². The molecule has 1 atom stereocenters. The second kappa shape index (κ2) is 7.88. The highest BCUT2D eigenvalue weighted by Crippen LogP contribution is 2.53. The first-order valence-corrected chi connectivity index (χ1v) is 12.1. The van der Waals surface area contributed by atoms with Crippen molar-refractivity contribution in [2.45, 2.75) is 43.4 Å². The maximum absolute atomic E-state index is 15.2. The average Bonchev–Trinajstić information content (AvgIpc) is 3.83. The molecule has 0 radical (unpaired) electrons. The van der Waals surface area contributed by atoms with E-state index in [0.29, 0.717) is 11.3 Å². The van der Waals surface area contributed by atoms with E-state index in [-0.39, 0.29) is 22.6 Å². The smallest absolute Gasteiger partial charge is 0.233 e. The molecule has 2 saturated carbocycles. The maximum Gasteiger partial charge on any atom is 0.233 e. The lowest BCUT2D eigenvalue weighted by Crippen LogP contribution is -2.24. The SMILES string of the molecule is OC(NC1CC1)c1cc(F)c(-c2cnc3ncc(C4(c5ccc6ncccc6c5)CC4)n3c2)cc1F. The average molecular weight is 484 g/mol. The largest absolute Gasteiger partial charge is 0.374 e. The summed E-state index contributed by atoms with van der Waals surface area (Å²) in [7, 11) is 0. The van der Waals surface area contributed by atoms with E-state index in [1.54, 1.807) is 12.4 Å². The van der Waals surface area contributed by atoms with Crippen molar-refractivity contribution in [2.24, 2.45) is 0 Å². The van der Waals surface area contributed by atoms with Gasteiger partial charge in [-0.25, -0.2) is 18.7 Å². The van der Waals surface area contributed by atoms with Crippen molar-refractivity contribution in [3.63, 3.8) is 0 Å². The highest BCUT2D eigenvalue weighted by atomic mass is 19.1. The molecular weight excluding hydrogens is 460 g/mol. The van der Waals surface area contributed by atoms with Crippen molar-refractivity contribution in [3.8, 4) is 11.1 Å². The van der Waals surface area contributed by atoms with Crippen molar-refractivity contribution in [2.75, 3.05) is 0 Å². The number of hydrogen-bond donors (Lipinski definition) is 2. The molecule has 1 unspecified atom stereocenters. The van der Waals surface area contributed by atoms with E-state index in [9.17, 15) is 9.50 Å². The number of nitrogens with zero attached hydrogens (tertiary/aromatic N) is 4. The fourth-order valence-electron chi connectivity index (χ4n) is 5.11. The molecule has 5 aromatic rings. The number of aromatic nitrogens is 4. The van der Waals surface area contributed by atoms with Gasteiger partial charge in [-0.05, 0) is 61.6 Å². The van der Waals surface area contributed by atoms with E-state index < -0.39 is 17.9 Å². The minimum Gasteiger partial charge on any atom is -0.374 e. The van der Waals surface area contributed by atoms with Gasteiger partial charge >= 0.3 is 0 Å². The number of aliphatic hydroxyl groups is 1. The molecule has 2 aromatic carbocycles. The van der Waals surface area contributed by atoms with Crippen LogP contribution in [0.2, 0.25) is 0 Å². The molecule has 36 heavy (non-hydrogen) atoms. The Morgan fingerprint density at radius 2 is 1.83 bits per heavy atom. The summed E-state index contributed by atoms with van der Waals surface area (Å²) in [6, 6.07) is 12.6. The number of pyridine rings is 1. The summed E-state index contributed by atoms with van der Waals surface area (Å²) < 4.78 is 31.9. The molecule has 2 fully saturated rings. The van der Waals surface area contributed by atoms with Gasteiger partial charge in [0.1, 0.15) is 17.9 Å². The van der Waals surface area contributed by atoms with Crippen LogP contribution in [0.15, 0.2) is 67.3 Å². The predicted octanol–water partition coefficient (Wildman–Crippen LogP) is 5.05. The lowest BCUT2D eigenvalue weighted by molar-refractivity contribution is 0.132. The maximum atomic E-state index is 15.2. The monoisotopic (exact) mass is 483 g/mol. The Morgan fingerprint density at radius 1 is 1.00 bits per heavy atom. The zero-order chi connectivity index (χ0) is 24.4. The quantitative estimate of drug-likeness (QED) is 0.331. The number of halogens is 2. The van der Waals surface area contributed by atoms with Crippen molar-refractivity contribution >= 4 is 16.7 Å². The Morgan fingerprint density at radius 3 is 2.64 bits per heavy atom. The molecule has 7 rings (SSSR count). The van der Waals surface area contributed by atoms with Crippen molar-refractivity contribution in [1.82, 2.24) is 24.7 Å². The van der Waals surface area contributed by atoms with Gasteiger partial charge in [-0.1, -0.05) is 12.1 Å². The zero-order valence-electron chi connectivity index (χ0n) is 19.3. The van der Waals surface area contributed by atoms with E-state index >= 15 is 4.39 Å². The minimum absolute atomic E-state index is 0.0885. The van der Waals surface area contributed by atoms with Gasteiger partial charge in [-0.3, -0.25) is 14.7 Å². The number of aliphatic hydroxyl groups excluding tert-OH is 1. The van der Waals surface area contributed by atoms with Gasteiger partial charge in [-0.2, -0.15) is 0 Å². The normalized spacial score (nSPS) is 17.5. The Labute approximate surface area is 205 Å². The number of hydrogen-bond acceptors (Lipinski definition) is 5. The minimum atomic E-state index is -1.24. The molecule has 3 aromatic heterocycles. The molecule has 3 heterocycles. The van der Waals surface area contributed by atoms with Crippen molar-refractivity contribution in [3.05, 3.63) is 95.7 Å². The molecule has 2 aliphatic rings. The summed E-state index contributed by atoms with van der Waals surface area (Å²) in [4.78, 5) is 13.3. The van der Waals surface area contributed by atoms with Crippen LogP contribution in [0.5, 0.6) is 0 Å². The van der Waals surface area contributed by atoms with Crippen LogP contribution in [0, 0.1) is 11.6 Å². The third-order valence-electron chi connectivity index (χ3n) is 7.42. The molecule has 8 heteroatoms. The summed E-state index contributed by atoms with van der Waals surface area (Å²) in [5, 5.41) is 14.2. The number of imidazole rings is 1. The number of fused-ring (bicyclic) bond motifs is 2. The van der Waals surface area contributed by atoms with E-state index in [1.165, 1.54) is 11.8 Å². The molecule has 0 aliphatic heterocycles. The molecule has 180 valence electrons. The summed E-state index contributed by atoms with van der Waals surface area (Å²) in [6.45, 7) is 0. The second-order valence-corrected chi connectivity index (χ2v) is 9.85. The first kappa shape index (κ1) is 21.5. The molecule has 0 saturated heterocycles. The first-order valence-electron chi connectivity index (χ1n) is 12.1. The standard InChI is InChI=1S/C28H23F2N5O/c29-22-12-21(26(36)34-19-4-5-19)23(30)11-20(22)17-13-32-27-33-14-25(35(27)15-17)28(7-8-28)18-3-6-24-16(10-18)2-1-9-31-24/h1-3,6,9-15,19,26,34,36H,4-5,7-8H2. The zero-order valence-corrected chi connectivity index (χ0v) is 19.3. The summed E-state index contributed by atoms with van der Waals surface area (Å²) in [5.41, 5.74) is 3.31. The molecule has 6 nitrogen and oxygen atoms in total. The first-order chi connectivity index (χ1) is 17.5. The number of benzene rings is 2. The third kappa shape index (κ3) is 3.48. The van der Waals surface area contributed by atoms with Gasteiger partial charge in [0.2, 0.25) is 5.78 Å². The van der Waals surface area contributed by atoms with Gasteiger partial charge in [0.05, 0.1) is 17.4 Å². The molecule has 0 bridgehead atoms. The Balaban J connectivity index is 1.29. The van der Waals surface area contributed by atoms with Crippen molar-refractivity contribution < 1.29 is 13.9 Å². The van der Waals surface area contributed by atoms with Gasteiger partial charge < -0.3 is 5.11 Å². The van der Waals surface area contributed by atoms with Crippen LogP contribution in [0.1, 0.15) is 48.7 Å². The van der Waals surface area contributed by atoms with E-state index in [2.05, 4.69) is 32.4 Å². The summed E-state index contributed by atoms with van der Waals surface area (Å²) in [5.74, 6) is -0.778. The van der Waals surface area contributed by atoms with Crippen molar-refractivity contribution in [1.29, 1.82) is 0 Å². The topological polar surface area (TPSA) is 75.3 Å².